The van der Waals surface area contributed by atoms with E-state index in [4.69, 9.17) is 9.26 Å². The molecule has 0 aromatic heterocycles. The molecule has 1 amide bonds. The van der Waals surface area contributed by atoms with E-state index >= 15 is 0 Å². The van der Waals surface area contributed by atoms with Crippen LogP contribution in [0.1, 0.15) is 56.1 Å². The smallest absolute Gasteiger partial charge is 0.408 e. The second-order valence-electron chi connectivity index (χ2n) is 11.2. The number of benzene rings is 2. The summed E-state index contributed by atoms with van der Waals surface area (Å²) < 4.78 is 26.9. The van der Waals surface area contributed by atoms with Crippen LogP contribution in [0, 0.1) is 17.8 Å². The Hall–Kier alpha value is -2.63. The number of carbonyl (C=O) groups is 2. The highest BCUT2D eigenvalue weighted by molar-refractivity contribution is 7.59. The number of ether oxygens (including phenoxy) is 1. The average Bonchev–Trinajstić information content (AvgIpc) is 2.86. The summed E-state index contributed by atoms with van der Waals surface area (Å²) in [6.07, 6.45) is 5.40. The molecule has 6 rings (SSSR count). The lowest BCUT2D eigenvalue weighted by Crippen LogP contribution is -2.52. The molecule has 37 heavy (non-hydrogen) atoms. The molecule has 0 saturated heterocycles. The molecule has 8 heteroatoms. The summed E-state index contributed by atoms with van der Waals surface area (Å²) in [5.41, 5.74) is 1.24. The van der Waals surface area contributed by atoms with Gasteiger partial charge in [-0.15, -0.1) is 0 Å². The first-order valence-corrected chi connectivity index (χ1v) is 15.2. The van der Waals surface area contributed by atoms with Gasteiger partial charge < -0.3 is 19.7 Å². The molecule has 0 spiro atoms. The molecule has 198 valence electrons. The van der Waals surface area contributed by atoms with E-state index in [1.54, 1.807) is 0 Å². The molecule has 0 radical (unpaired) electrons. The van der Waals surface area contributed by atoms with Gasteiger partial charge in [0.2, 0.25) is 7.37 Å². The zero-order valence-corrected chi connectivity index (χ0v) is 22.0. The zero-order chi connectivity index (χ0) is 25.9. The molecular weight excluding hydrogens is 489 g/mol. The van der Waals surface area contributed by atoms with E-state index in [1.165, 1.54) is 19.3 Å². The van der Waals surface area contributed by atoms with Gasteiger partial charge in [-0.25, -0.2) is 4.79 Å². The molecule has 4 aliphatic carbocycles. The van der Waals surface area contributed by atoms with Crippen LogP contribution in [0.2, 0.25) is 0 Å². The van der Waals surface area contributed by atoms with Crippen LogP contribution in [-0.4, -0.2) is 34.7 Å². The van der Waals surface area contributed by atoms with Crippen molar-refractivity contribution in [2.24, 2.45) is 17.8 Å². The fourth-order valence-electron chi connectivity index (χ4n) is 7.01. The van der Waals surface area contributed by atoms with E-state index in [0.29, 0.717) is 17.8 Å². The number of hydrogen-bond acceptors (Lipinski definition) is 5. The van der Waals surface area contributed by atoms with Crippen molar-refractivity contribution < 1.29 is 28.5 Å². The zero-order valence-electron chi connectivity index (χ0n) is 21.1. The lowest BCUT2D eigenvalue weighted by molar-refractivity contribution is -0.136. The molecule has 2 aromatic carbocycles. The number of amides is 1. The van der Waals surface area contributed by atoms with Gasteiger partial charge in [-0.3, -0.25) is 9.36 Å². The van der Waals surface area contributed by atoms with Crippen molar-refractivity contribution in [1.29, 1.82) is 0 Å². The maximum atomic E-state index is 14.8. The van der Waals surface area contributed by atoms with Crippen LogP contribution in [0.15, 0.2) is 60.7 Å². The van der Waals surface area contributed by atoms with Crippen molar-refractivity contribution in [3.8, 4) is 0 Å². The van der Waals surface area contributed by atoms with Gasteiger partial charge >= 0.3 is 12.1 Å². The van der Waals surface area contributed by atoms with Crippen LogP contribution in [0.3, 0.4) is 0 Å². The van der Waals surface area contributed by atoms with Gasteiger partial charge in [0.15, 0.2) is 0 Å². The van der Waals surface area contributed by atoms with Gasteiger partial charge in [-0.2, -0.15) is 0 Å². The van der Waals surface area contributed by atoms with Crippen LogP contribution in [-0.2, 0) is 31.6 Å². The van der Waals surface area contributed by atoms with Crippen molar-refractivity contribution >= 4 is 19.4 Å². The quantitative estimate of drug-likeness (QED) is 0.338. The molecular formula is C29H36NO6P. The Morgan fingerprint density at radius 3 is 2.00 bits per heavy atom. The Kier molecular flexibility index (Phi) is 7.73. The fourth-order valence-corrected chi connectivity index (χ4v) is 9.72. The second kappa shape index (κ2) is 11.0. The van der Waals surface area contributed by atoms with E-state index < -0.39 is 30.8 Å². The van der Waals surface area contributed by atoms with Crippen molar-refractivity contribution in [2.75, 3.05) is 6.16 Å². The summed E-state index contributed by atoms with van der Waals surface area (Å²) in [4.78, 5) is 24.5. The number of nitrogens with one attached hydrogen (secondary N) is 1. The molecule has 2 unspecified atom stereocenters. The van der Waals surface area contributed by atoms with Gasteiger partial charge in [-0.1, -0.05) is 60.7 Å². The van der Waals surface area contributed by atoms with E-state index in [2.05, 4.69) is 5.32 Å². The predicted octanol–water partition coefficient (Wildman–Crippen LogP) is 6.22. The molecule has 4 bridgehead atoms. The highest BCUT2D eigenvalue weighted by Gasteiger charge is 2.55. The predicted molar refractivity (Wildman–Crippen MR) is 140 cm³/mol. The average molecular weight is 526 g/mol. The monoisotopic (exact) mass is 525 g/mol. The molecule has 0 aliphatic heterocycles. The topological polar surface area (TPSA) is 102 Å². The molecule has 4 fully saturated rings. The molecule has 7 nitrogen and oxygen atoms in total. The minimum atomic E-state index is -3.64. The fraction of sp³-hybridized carbons (Fsp3) is 0.517. The van der Waals surface area contributed by atoms with Gasteiger partial charge in [0.25, 0.3) is 0 Å². The lowest BCUT2D eigenvalue weighted by atomic mass is 9.54. The van der Waals surface area contributed by atoms with Crippen LogP contribution in [0.4, 0.5) is 4.79 Å². The number of carboxylic acid groups (broad SMARTS) is 1. The minimum Gasteiger partial charge on any atom is -0.481 e. The standard InChI is InChI=1S/C29H36NO6P/c31-27(32)11-12-37(34,36-29-17-23-13-24(18-29)15-25(14-23)19-29)26(16-21-7-3-1-4-8-21)30-28(33)35-20-22-9-5-2-6-10-22/h1-10,23-26H,11-20H2,(H,30,33)(H,31,32). The highest BCUT2D eigenvalue weighted by atomic mass is 31.2. The van der Waals surface area contributed by atoms with Gasteiger partial charge in [0.1, 0.15) is 12.4 Å². The number of alkyl carbamates (subject to hydrolysis) is 1. The van der Waals surface area contributed by atoms with E-state index in [1.807, 2.05) is 60.7 Å². The molecule has 2 atom stereocenters. The second-order valence-corrected chi connectivity index (χ2v) is 13.9. The first-order chi connectivity index (χ1) is 17.8. The summed E-state index contributed by atoms with van der Waals surface area (Å²) in [7, 11) is -3.64. The maximum Gasteiger partial charge on any atom is 0.408 e. The van der Waals surface area contributed by atoms with E-state index in [9.17, 15) is 19.3 Å². The third-order valence-corrected chi connectivity index (χ3v) is 11.0. The maximum absolute atomic E-state index is 14.8. The third-order valence-electron chi connectivity index (χ3n) is 8.21. The van der Waals surface area contributed by atoms with Crippen molar-refractivity contribution in [3.05, 3.63) is 71.8 Å². The highest BCUT2D eigenvalue weighted by Crippen LogP contribution is 2.64. The van der Waals surface area contributed by atoms with Crippen molar-refractivity contribution in [2.45, 2.75) is 69.4 Å². The summed E-state index contributed by atoms with van der Waals surface area (Å²) >= 11 is 0. The minimum absolute atomic E-state index is 0.0833. The number of carbonyl (C=O) groups excluding carboxylic acids is 1. The Bertz CT molecular complexity index is 1100. The molecule has 4 saturated carbocycles. The Balaban J connectivity index is 1.39. The van der Waals surface area contributed by atoms with Gasteiger partial charge in [0, 0.05) is 12.6 Å². The Morgan fingerprint density at radius 1 is 0.919 bits per heavy atom. The van der Waals surface area contributed by atoms with Crippen LogP contribution >= 0.6 is 7.37 Å². The van der Waals surface area contributed by atoms with Crippen LogP contribution in [0.25, 0.3) is 0 Å². The Morgan fingerprint density at radius 2 is 1.46 bits per heavy atom. The number of rotatable bonds is 11. The van der Waals surface area contributed by atoms with Crippen molar-refractivity contribution in [3.63, 3.8) is 0 Å². The summed E-state index contributed by atoms with van der Waals surface area (Å²) in [6, 6.07) is 18.9. The Labute approximate surface area is 218 Å². The van der Waals surface area contributed by atoms with Gasteiger partial charge in [0.05, 0.1) is 12.0 Å². The normalized spacial score (nSPS) is 28.3. The molecule has 0 heterocycles. The SMILES string of the molecule is O=C(O)CCP(=O)(OC12CC3CC(CC(C3)C1)C2)C(Cc1ccccc1)NC(=O)OCc1ccccc1. The molecule has 2 N–H and O–H groups in total. The number of hydrogen-bond donors (Lipinski definition) is 2. The number of carboxylic acids is 1. The first kappa shape index (κ1) is 26.0. The summed E-state index contributed by atoms with van der Waals surface area (Å²) in [5.74, 6) is -0.174. The van der Waals surface area contributed by atoms with E-state index in [0.717, 1.165) is 30.4 Å². The summed E-state index contributed by atoms with van der Waals surface area (Å²) in [5, 5.41) is 12.3. The largest absolute Gasteiger partial charge is 0.481 e. The summed E-state index contributed by atoms with van der Waals surface area (Å²) in [6.45, 7) is 0.0833. The number of aliphatic carboxylic acids is 1. The van der Waals surface area contributed by atoms with E-state index in [-0.39, 0.29) is 25.6 Å². The van der Waals surface area contributed by atoms with Gasteiger partial charge in [-0.05, 0) is 67.4 Å². The lowest BCUT2D eigenvalue weighted by Gasteiger charge is -2.57. The van der Waals surface area contributed by atoms with Crippen molar-refractivity contribution in [1.82, 2.24) is 5.32 Å². The third kappa shape index (κ3) is 6.45. The first-order valence-electron chi connectivity index (χ1n) is 13.3. The van der Waals surface area contributed by atoms with Crippen LogP contribution < -0.4 is 5.32 Å². The van der Waals surface area contributed by atoms with Crippen LogP contribution in [0.5, 0.6) is 0 Å². The molecule has 4 aliphatic rings. The molecule has 2 aromatic rings.